The van der Waals surface area contributed by atoms with Crippen LogP contribution in [0, 0.1) is 10.1 Å². The van der Waals surface area contributed by atoms with E-state index in [4.69, 9.17) is 9.47 Å². The predicted octanol–water partition coefficient (Wildman–Crippen LogP) is 1.05. The summed E-state index contributed by atoms with van der Waals surface area (Å²) in [6.07, 6.45) is 0.823. The number of nitrogens with zero attached hydrogens (tertiary/aromatic N) is 2. The number of rotatable bonds is 5. The molecule has 0 aromatic heterocycles. The van der Waals surface area contributed by atoms with Gasteiger partial charge >= 0.3 is 0 Å². The monoisotopic (exact) mass is 309 g/mol. The van der Waals surface area contributed by atoms with Crippen LogP contribution in [0.15, 0.2) is 12.1 Å². The molecule has 1 aliphatic rings. The Labute approximate surface area is 128 Å². The van der Waals surface area contributed by atoms with Gasteiger partial charge in [0, 0.05) is 25.2 Å². The summed E-state index contributed by atoms with van der Waals surface area (Å²) >= 11 is 0. The van der Waals surface area contributed by atoms with Crippen molar-refractivity contribution in [1.29, 1.82) is 0 Å². The Hall–Kier alpha value is -2.35. The second kappa shape index (κ2) is 6.61. The molecule has 1 aromatic carbocycles. The molecule has 0 spiro atoms. The number of amides is 1. The van der Waals surface area contributed by atoms with Gasteiger partial charge < -0.3 is 19.7 Å². The van der Waals surface area contributed by atoms with Gasteiger partial charge in [-0.25, -0.2) is 0 Å². The molecule has 1 atom stereocenters. The summed E-state index contributed by atoms with van der Waals surface area (Å²) in [5.74, 6) is 0.145. The Kier molecular flexibility index (Phi) is 4.81. The number of carbonyl (C=O) groups is 1. The van der Waals surface area contributed by atoms with E-state index in [-0.39, 0.29) is 28.9 Å². The molecular weight excluding hydrogens is 290 g/mol. The summed E-state index contributed by atoms with van der Waals surface area (Å²) in [7, 11) is 4.64. The van der Waals surface area contributed by atoms with E-state index in [0.717, 1.165) is 6.42 Å². The Bertz CT molecular complexity index is 590. The van der Waals surface area contributed by atoms with Crippen molar-refractivity contribution in [2.75, 3.05) is 34.4 Å². The lowest BCUT2D eigenvalue weighted by Gasteiger charge is -2.17. The highest BCUT2D eigenvalue weighted by atomic mass is 16.6. The van der Waals surface area contributed by atoms with Gasteiger partial charge in [0.05, 0.1) is 25.2 Å². The summed E-state index contributed by atoms with van der Waals surface area (Å²) in [5.41, 5.74) is -0.269. The van der Waals surface area contributed by atoms with Crippen molar-refractivity contribution in [2.24, 2.45) is 0 Å². The van der Waals surface area contributed by atoms with Crippen LogP contribution in [-0.2, 0) is 0 Å². The van der Waals surface area contributed by atoms with Gasteiger partial charge in [-0.15, -0.1) is 0 Å². The molecule has 0 radical (unpaired) electrons. The maximum Gasteiger partial charge on any atom is 0.286 e. The van der Waals surface area contributed by atoms with Gasteiger partial charge in [-0.1, -0.05) is 0 Å². The average molecular weight is 309 g/mol. The summed E-state index contributed by atoms with van der Waals surface area (Å²) < 4.78 is 10.2. The van der Waals surface area contributed by atoms with E-state index < -0.39 is 4.92 Å². The lowest BCUT2D eigenvalue weighted by Crippen LogP contribution is -2.33. The van der Waals surface area contributed by atoms with E-state index in [1.165, 1.54) is 26.4 Å². The first-order valence-electron chi connectivity index (χ1n) is 6.88. The third-order valence-electron chi connectivity index (χ3n) is 3.81. The molecule has 1 amide bonds. The number of hydrogen-bond donors (Lipinski definition) is 1. The second-order valence-electron chi connectivity index (χ2n) is 5.01. The molecule has 1 aliphatic heterocycles. The van der Waals surface area contributed by atoms with Crippen molar-refractivity contribution >= 4 is 11.6 Å². The van der Waals surface area contributed by atoms with Gasteiger partial charge in [-0.3, -0.25) is 14.9 Å². The van der Waals surface area contributed by atoms with Gasteiger partial charge in [0.1, 0.15) is 5.56 Å². The highest BCUT2D eigenvalue weighted by Gasteiger charge is 2.31. The summed E-state index contributed by atoms with van der Waals surface area (Å²) in [5, 5.41) is 14.4. The minimum absolute atomic E-state index is 0.0133. The number of hydrogen-bond acceptors (Lipinski definition) is 6. The maximum atomic E-state index is 12.6. The molecule has 0 aliphatic carbocycles. The molecule has 1 N–H and O–H groups in total. The molecule has 1 fully saturated rings. The highest BCUT2D eigenvalue weighted by Crippen LogP contribution is 2.35. The van der Waals surface area contributed by atoms with E-state index in [2.05, 4.69) is 5.32 Å². The van der Waals surface area contributed by atoms with Crippen LogP contribution in [0.1, 0.15) is 16.8 Å². The lowest BCUT2D eigenvalue weighted by atomic mass is 10.1. The summed E-state index contributed by atoms with van der Waals surface area (Å²) in [6.45, 7) is 1.09. The van der Waals surface area contributed by atoms with Crippen LogP contribution >= 0.6 is 0 Å². The minimum atomic E-state index is -0.583. The van der Waals surface area contributed by atoms with Crippen molar-refractivity contribution in [2.45, 2.75) is 12.5 Å². The van der Waals surface area contributed by atoms with E-state index in [1.54, 1.807) is 4.90 Å². The molecule has 0 saturated carbocycles. The van der Waals surface area contributed by atoms with Crippen LogP contribution in [0.3, 0.4) is 0 Å². The molecule has 2 rings (SSSR count). The van der Waals surface area contributed by atoms with Crippen LogP contribution < -0.4 is 14.8 Å². The Balaban J connectivity index is 2.40. The quantitative estimate of drug-likeness (QED) is 0.645. The highest BCUT2D eigenvalue weighted by molar-refractivity contribution is 5.99. The molecule has 1 unspecified atom stereocenters. The van der Waals surface area contributed by atoms with Crippen molar-refractivity contribution in [3.05, 3.63) is 27.8 Å². The fourth-order valence-corrected chi connectivity index (χ4v) is 2.54. The third kappa shape index (κ3) is 2.96. The molecule has 1 saturated heterocycles. The van der Waals surface area contributed by atoms with E-state index in [0.29, 0.717) is 18.8 Å². The van der Waals surface area contributed by atoms with E-state index in [1.807, 2.05) is 7.05 Å². The van der Waals surface area contributed by atoms with Crippen LogP contribution in [0.25, 0.3) is 0 Å². The molecule has 120 valence electrons. The zero-order valence-corrected chi connectivity index (χ0v) is 12.8. The topological polar surface area (TPSA) is 93.9 Å². The van der Waals surface area contributed by atoms with Gasteiger partial charge in [0.15, 0.2) is 11.5 Å². The van der Waals surface area contributed by atoms with Crippen LogP contribution in [0.4, 0.5) is 5.69 Å². The fourth-order valence-electron chi connectivity index (χ4n) is 2.54. The standard InChI is InChI=1S/C14H19N3O5/c1-15-9-4-5-16(8-9)14(18)10-6-12(21-2)13(22-3)7-11(10)17(19)20/h6-7,9,15H,4-5,8H2,1-3H3. The van der Waals surface area contributed by atoms with Crippen molar-refractivity contribution in [3.63, 3.8) is 0 Å². The fraction of sp³-hybridized carbons (Fsp3) is 0.500. The Morgan fingerprint density at radius 1 is 1.36 bits per heavy atom. The molecule has 1 aromatic rings. The first kappa shape index (κ1) is 16.0. The summed E-state index contributed by atoms with van der Waals surface area (Å²) in [4.78, 5) is 24.9. The Morgan fingerprint density at radius 3 is 2.50 bits per heavy atom. The van der Waals surface area contributed by atoms with Crippen molar-refractivity contribution < 1.29 is 19.2 Å². The van der Waals surface area contributed by atoms with Gasteiger partial charge in [-0.2, -0.15) is 0 Å². The molecule has 0 bridgehead atoms. The SMILES string of the molecule is CNC1CCN(C(=O)c2cc(OC)c(OC)cc2[N+](=O)[O-])C1. The van der Waals surface area contributed by atoms with Crippen molar-refractivity contribution in [3.8, 4) is 11.5 Å². The second-order valence-corrected chi connectivity index (χ2v) is 5.01. The number of nitro benzene ring substituents is 1. The molecule has 8 heteroatoms. The zero-order chi connectivity index (χ0) is 16.3. The van der Waals surface area contributed by atoms with Gasteiger partial charge in [-0.05, 0) is 13.5 Å². The maximum absolute atomic E-state index is 12.6. The normalized spacial score (nSPS) is 17.4. The number of carbonyl (C=O) groups excluding carboxylic acids is 1. The van der Waals surface area contributed by atoms with E-state index >= 15 is 0 Å². The predicted molar refractivity (Wildman–Crippen MR) is 79.6 cm³/mol. The smallest absolute Gasteiger partial charge is 0.286 e. The van der Waals surface area contributed by atoms with E-state index in [9.17, 15) is 14.9 Å². The number of likely N-dealkylation sites (tertiary alicyclic amines) is 1. The number of nitro groups is 1. The average Bonchev–Trinajstić information content (AvgIpc) is 3.01. The molecule has 8 nitrogen and oxygen atoms in total. The van der Waals surface area contributed by atoms with Crippen molar-refractivity contribution in [1.82, 2.24) is 10.2 Å². The molecular formula is C14H19N3O5. The number of benzene rings is 1. The van der Waals surface area contributed by atoms with Gasteiger partial charge in [0.25, 0.3) is 11.6 Å². The number of likely N-dealkylation sites (N-methyl/N-ethyl adjacent to an activating group) is 1. The zero-order valence-electron chi connectivity index (χ0n) is 12.8. The first-order valence-corrected chi connectivity index (χ1v) is 6.88. The first-order chi connectivity index (χ1) is 10.5. The largest absolute Gasteiger partial charge is 0.493 e. The number of methoxy groups -OCH3 is 2. The van der Waals surface area contributed by atoms with Crippen LogP contribution in [0.5, 0.6) is 11.5 Å². The molecule has 1 heterocycles. The number of ether oxygens (including phenoxy) is 2. The van der Waals surface area contributed by atoms with Crippen LogP contribution in [0.2, 0.25) is 0 Å². The Morgan fingerprint density at radius 2 is 2.00 bits per heavy atom. The van der Waals surface area contributed by atoms with Crippen LogP contribution in [-0.4, -0.2) is 56.1 Å². The lowest BCUT2D eigenvalue weighted by molar-refractivity contribution is -0.385. The number of nitrogens with one attached hydrogen (secondary N) is 1. The molecule has 22 heavy (non-hydrogen) atoms. The third-order valence-corrected chi connectivity index (χ3v) is 3.81. The minimum Gasteiger partial charge on any atom is -0.493 e. The summed E-state index contributed by atoms with van der Waals surface area (Å²) in [6, 6.07) is 2.80. The van der Waals surface area contributed by atoms with Gasteiger partial charge in [0.2, 0.25) is 0 Å².